The van der Waals surface area contributed by atoms with Crippen molar-refractivity contribution in [1.29, 1.82) is 0 Å². The molecule has 144 valence electrons. The highest BCUT2D eigenvalue weighted by atomic mass is 35.5. The van der Waals surface area contributed by atoms with E-state index >= 15 is 0 Å². The van der Waals surface area contributed by atoms with Crippen LogP contribution in [-0.2, 0) is 21.2 Å². The molecule has 3 rings (SSSR count). The normalized spacial score (nSPS) is 19.0. The number of hydrogen-bond acceptors (Lipinski definition) is 3. The summed E-state index contributed by atoms with van der Waals surface area (Å²) in [6.07, 6.45) is 1.83. The first-order valence-electron chi connectivity index (χ1n) is 8.99. The minimum atomic E-state index is -3.68. The Balaban J connectivity index is 1.68. The van der Waals surface area contributed by atoms with E-state index < -0.39 is 16.1 Å². The maximum Gasteiger partial charge on any atom is 0.243 e. The van der Waals surface area contributed by atoms with Gasteiger partial charge in [0.2, 0.25) is 15.9 Å². The summed E-state index contributed by atoms with van der Waals surface area (Å²) >= 11 is 6.00. The van der Waals surface area contributed by atoms with Crippen molar-refractivity contribution in [3.63, 3.8) is 0 Å². The SMILES string of the molecule is CC(Cc1cccc(Cl)c1)NC(=O)C1CCCN1S(=O)(=O)c1ccccc1. The highest BCUT2D eigenvalue weighted by Gasteiger charge is 2.39. The third kappa shape index (κ3) is 4.69. The molecule has 0 saturated carbocycles. The van der Waals surface area contributed by atoms with Crippen molar-refractivity contribution in [1.82, 2.24) is 9.62 Å². The van der Waals surface area contributed by atoms with E-state index in [9.17, 15) is 13.2 Å². The predicted octanol–water partition coefficient (Wildman–Crippen LogP) is 3.24. The second-order valence-corrected chi connectivity index (χ2v) is 9.16. The number of sulfonamides is 1. The summed E-state index contributed by atoms with van der Waals surface area (Å²) in [6.45, 7) is 2.27. The fraction of sp³-hybridized carbons (Fsp3) is 0.350. The van der Waals surface area contributed by atoms with E-state index in [4.69, 9.17) is 11.6 Å². The molecule has 1 amide bonds. The van der Waals surface area contributed by atoms with Gasteiger partial charge in [-0.2, -0.15) is 4.31 Å². The number of rotatable bonds is 6. The number of hydrogen-bond donors (Lipinski definition) is 1. The molecule has 1 aliphatic rings. The molecule has 0 bridgehead atoms. The molecule has 2 aromatic rings. The van der Waals surface area contributed by atoms with E-state index in [1.54, 1.807) is 36.4 Å². The van der Waals surface area contributed by atoms with Crippen molar-refractivity contribution in [2.75, 3.05) is 6.54 Å². The Morgan fingerprint density at radius 2 is 1.96 bits per heavy atom. The number of amides is 1. The van der Waals surface area contributed by atoms with Crippen molar-refractivity contribution in [3.05, 3.63) is 65.2 Å². The van der Waals surface area contributed by atoms with E-state index in [1.807, 2.05) is 25.1 Å². The van der Waals surface area contributed by atoms with Gasteiger partial charge in [-0.15, -0.1) is 0 Å². The molecule has 1 heterocycles. The van der Waals surface area contributed by atoms with Crippen LogP contribution in [0.2, 0.25) is 5.02 Å². The van der Waals surface area contributed by atoms with Crippen LogP contribution in [0.25, 0.3) is 0 Å². The van der Waals surface area contributed by atoms with Crippen LogP contribution in [0, 0.1) is 0 Å². The lowest BCUT2D eigenvalue weighted by atomic mass is 10.1. The lowest BCUT2D eigenvalue weighted by Crippen LogP contribution is -2.48. The predicted molar refractivity (Wildman–Crippen MR) is 106 cm³/mol. The second kappa shape index (κ2) is 8.42. The number of carbonyl (C=O) groups is 1. The number of nitrogens with one attached hydrogen (secondary N) is 1. The summed E-state index contributed by atoms with van der Waals surface area (Å²) < 4.78 is 27.1. The van der Waals surface area contributed by atoms with Crippen molar-refractivity contribution >= 4 is 27.5 Å². The van der Waals surface area contributed by atoms with Crippen molar-refractivity contribution in [2.24, 2.45) is 0 Å². The topological polar surface area (TPSA) is 66.5 Å². The van der Waals surface area contributed by atoms with Gasteiger partial charge in [-0.25, -0.2) is 8.42 Å². The third-order valence-electron chi connectivity index (χ3n) is 4.68. The maximum absolute atomic E-state index is 12.9. The number of benzene rings is 2. The van der Waals surface area contributed by atoms with Crippen LogP contribution in [0.1, 0.15) is 25.3 Å². The molecule has 2 unspecified atom stereocenters. The van der Waals surface area contributed by atoms with Crippen molar-refractivity contribution in [3.8, 4) is 0 Å². The molecule has 1 N–H and O–H groups in total. The zero-order valence-electron chi connectivity index (χ0n) is 15.1. The minimum Gasteiger partial charge on any atom is -0.352 e. The van der Waals surface area contributed by atoms with Crippen LogP contribution in [0.5, 0.6) is 0 Å². The van der Waals surface area contributed by atoms with Gasteiger partial charge in [0.05, 0.1) is 4.90 Å². The van der Waals surface area contributed by atoms with Gasteiger partial charge in [-0.1, -0.05) is 41.9 Å². The largest absolute Gasteiger partial charge is 0.352 e. The van der Waals surface area contributed by atoms with Crippen LogP contribution in [0.15, 0.2) is 59.5 Å². The molecule has 0 aliphatic carbocycles. The minimum absolute atomic E-state index is 0.127. The summed E-state index contributed by atoms with van der Waals surface area (Å²) in [6, 6.07) is 15.0. The van der Waals surface area contributed by atoms with E-state index in [0.717, 1.165) is 5.56 Å². The molecule has 1 aliphatic heterocycles. The lowest BCUT2D eigenvalue weighted by molar-refractivity contribution is -0.124. The fourth-order valence-electron chi connectivity index (χ4n) is 3.43. The van der Waals surface area contributed by atoms with Crippen LogP contribution in [0.4, 0.5) is 0 Å². The molecule has 7 heteroatoms. The zero-order valence-corrected chi connectivity index (χ0v) is 16.7. The average molecular weight is 407 g/mol. The molecular formula is C20H23ClN2O3S. The molecule has 5 nitrogen and oxygen atoms in total. The molecule has 0 radical (unpaired) electrons. The van der Waals surface area contributed by atoms with Crippen molar-refractivity contribution in [2.45, 2.75) is 43.2 Å². The first kappa shape index (κ1) is 19.9. The van der Waals surface area contributed by atoms with Gasteiger partial charge in [0.15, 0.2) is 0 Å². The van der Waals surface area contributed by atoms with E-state index in [-0.39, 0.29) is 16.8 Å². The van der Waals surface area contributed by atoms with E-state index in [2.05, 4.69) is 5.32 Å². The third-order valence-corrected chi connectivity index (χ3v) is 6.83. The van der Waals surface area contributed by atoms with Crippen LogP contribution in [0.3, 0.4) is 0 Å². The molecule has 2 aromatic carbocycles. The zero-order chi connectivity index (χ0) is 19.4. The van der Waals surface area contributed by atoms with Gasteiger partial charge in [0.25, 0.3) is 0 Å². The van der Waals surface area contributed by atoms with Gasteiger partial charge in [0.1, 0.15) is 6.04 Å². The number of halogens is 1. The monoisotopic (exact) mass is 406 g/mol. The van der Waals surface area contributed by atoms with E-state index in [0.29, 0.717) is 30.8 Å². The summed E-state index contributed by atoms with van der Waals surface area (Å²) in [5.41, 5.74) is 1.02. The van der Waals surface area contributed by atoms with Crippen LogP contribution < -0.4 is 5.32 Å². The summed E-state index contributed by atoms with van der Waals surface area (Å²) in [4.78, 5) is 13.0. The van der Waals surface area contributed by atoms with Gasteiger partial charge in [-0.3, -0.25) is 4.79 Å². The van der Waals surface area contributed by atoms with Crippen LogP contribution in [-0.4, -0.2) is 37.3 Å². The average Bonchev–Trinajstić information content (AvgIpc) is 3.13. The Morgan fingerprint density at radius 3 is 2.67 bits per heavy atom. The van der Waals surface area contributed by atoms with Crippen molar-refractivity contribution < 1.29 is 13.2 Å². The Labute approximate surface area is 165 Å². The molecule has 0 spiro atoms. The molecule has 2 atom stereocenters. The smallest absolute Gasteiger partial charge is 0.243 e. The van der Waals surface area contributed by atoms with Gasteiger partial charge >= 0.3 is 0 Å². The highest BCUT2D eigenvalue weighted by Crippen LogP contribution is 2.26. The molecular weight excluding hydrogens is 384 g/mol. The summed E-state index contributed by atoms with van der Waals surface area (Å²) in [7, 11) is -3.68. The van der Waals surface area contributed by atoms with Gasteiger partial charge in [0, 0.05) is 17.6 Å². The molecule has 1 fully saturated rings. The second-order valence-electron chi connectivity index (χ2n) is 6.83. The fourth-order valence-corrected chi connectivity index (χ4v) is 5.32. The first-order valence-corrected chi connectivity index (χ1v) is 10.8. The Kier molecular flexibility index (Phi) is 6.19. The molecule has 1 saturated heterocycles. The quantitative estimate of drug-likeness (QED) is 0.800. The summed E-state index contributed by atoms with van der Waals surface area (Å²) in [5.74, 6) is -0.249. The Morgan fingerprint density at radius 1 is 1.22 bits per heavy atom. The highest BCUT2D eigenvalue weighted by molar-refractivity contribution is 7.89. The molecule has 0 aromatic heterocycles. The standard InChI is InChI=1S/C20H23ClN2O3S/c1-15(13-16-7-5-8-17(21)14-16)22-20(24)19-11-6-12-23(19)27(25,26)18-9-3-2-4-10-18/h2-5,7-10,14-15,19H,6,11-13H2,1H3,(H,22,24). The number of carbonyl (C=O) groups excluding carboxylic acids is 1. The maximum atomic E-state index is 12.9. The van der Waals surface area contributed by atoms with Gasteiger partial charge < -0.3 is 5.32 Å². The van der Waals surface area contributed by atoms with Crippen LogP contribution >= 0.6 is 11.6 Å². The lowest BCUT2D eigenvalue weighted by Gasteiger charge is -2.25. The van der Waals surface area contributed by atoms with E-state index in [1.165, 1.54) is 4.31 Å². The van der Waals surface area contributed by atoms with Gasteiger partial charge in [-0.05, 0) is 56.0 Å². The first-order chi connectivity index (χ1) is 12.9. The number of nitrogens with zero attached hydrogens (tertiary/aromatic N) is 1. The Hall–Kier alpha value is -1.89. The Bertz CT molecular complexity index is 902. The summed E-state index contributed by atoms with van der Waals surface area (Å²) in [5, 5.41) is 3.61. The molecule has 27 heavy (non-hydrogen) atoms.